The number of hydrogen-bond acceptors (Lipinski definition) is 4. The molecule has 0 N–H and O–H groups in total. The Morgan fingerprint density at radius 3 is 1.87 bits per heavy atom. The summed E-state index contributed by atoms with van der Waals surface area (Å²) in [7, 11) is 0. The van der Waals surface area contributed by atoms with Crippen molar-refractivity contribution >= 4 is 54.8 Å². The summed E-state index contributed by atoms with van der Waals surface area (Å²) in [5, 5.41) is 5.51. The minimum Gasteiger partial charge on any atom is -0.457 e. The van der Waals surface area contributed by atoms with Gasteiger partial charge in [-0.2, -0.15) is 0 Å². The van der Waals surface area contributed by atoms with Crippen LogP contribution < -0.4 is 4.74 Å². The maximum Gasteiger partial charge on any atom is 0.145 e. The predicted molar refractivity (Wildman–Crippen MR) is 157 cm³/mol. The maximum atomic E-state index is 6.50. The zero-order valence-corrected chi connectivity index (χ0v) is 22.1. The van der Waals surface area contributed by atoms with E-state index in [1.165, 1.54) is 5.39 Å². The molecule has 0 unspecified atom stereocenters. The SMILES string of the molecule is Cc1nc2c3cc(Oc4ccc5c(c4)c4nc(C)c(C)n4c4cccnc54)ccc3c3ccccc3n2c1C. The second-order valence-corrected chi connectivity index (χ2v) is 10.3. The summed E-state index contributed by atoms with van der Waals surface area (Å²) >= 11 is 0. The van der Waals surface area contributed by atoms with Gasteiger partial charge in [0.15, 0.2) is 0 Å². The lowest BCUT2D eigenvalue weighted by Crippen LogP contribution is -1.95. The van der Waals surface area contributed by atoms with Crippen molar-refractivity contribution in [2.45, 2.75) is 27.7 Å². The number of benzene rings is 3. The minimum absolute atomic E-state index is 0.754. The number of imidazole rings is 2. The molecule has 39 heavy (non-hydrogen) atoms. The number of hydrogen-bond donors (Lipinski definition) is 0. The normalized spacial score (nSPS) is 12.1. The molecule has 188 valence electrons. The molecule has 0 amide bonds. The monoisotopic (exact) mass is 507 g/mol. The van der Waals surface area contributed by atoms with Crippen molar-refractivity contribution in [2.24, 2.45) is 0 Å². The summed E-state index contributed by atoms with van der Waals surface area (Å²) in [4.78, 5) is 14.6. The highest BCUT2D eigenvalue weighted by atomic mass is 16.5. The molecule has 5 heterocycles. The lowest BCUT2D eigenvalue weighted by atomic mass is 10.1. The number of aromatic nitrogens is 5. The summed E-state index contributed by atoms with van der Waals surface area (Å²) in [5.41, 5.74) is 9.35. The molecule has 0 saturated heterocycles. The minimum atomic E-state index is 0.754. The number of para-hydroxylation sites is 1. The molecule has 5 aromatic heterocycles. The lowest BCUT2D eigenvalue weighted by molar-refractivity contribution is 0.484. The number of rotatable bonds is 2. The number of nitrogens with zero attached hydrogens (tertiary/aromatic N) is 5. The van der Waals surface area contributed by atoms with Gasteiger partial charge in [-0.1, -0.05) is 18.2 Å². The third-order valence-electron chi connectivity index (χ3n) is 8.11. The first-order valence-corrected chi connectivity index (χ1v) is 13.1. The van der Waals surface area contributed by atoms with E-state index in [2.05, 4.69) is 91.1 Å². The van der Waals surface area contributed by atoms with E-state index in [1.54, 1.807) is 0 Å². The number of pyridine rings is 3. The van der Waals surface area contributed by atoms with E-state index >= 15 is 0 Å². The number of ether oxygens (including phenoxy) is 1. The quantitative estimate of drug-likeness (QED) is 0.222. The van der Waals surface area contributed by atoms with Crippen molar-refractivity contribution in [2.75, 3.05) is 0 Å². The molecule has 8 rings (SSSR count). The summed E-state index contributed by atoms with van der Waals surface area (Å²) in [6, 6.07) is 25.1. The Balaban J connectivity index is 1.34. The van der Waals surface area contributed by atoms with Crippen LogP contribution in [-0.2, 0) is 0 Å². The van der Waals surface area contributed by atoms with Gasteiger partial charge in [0.05, 0.1) is 27.9 Å². The lowest BCUT2D eigenvalue weighted by Gasteiger charge is -2.13. The molecular weight excluding hydrogens is 482 g/mol. The van der Waals surface area contributed by atoms with Gasteiger partial charge in [-0.3, -0.25) is 13.8 Å². The van der Waals surface area contributed by atoms with E-state index in [9.17, 15) is 0 Å². The standard InChI is InChI=1S/C33H25N5O/c1-18-20(3)37-29-9-6-5-8-25(29)24-13-11-22(16-27(24)32(37)35-18)39-23-12-14-26-28(17-23)33-36-19(2)21(4)38(33)30-10-7-15-34-31(26)30/h5-17H,1-4H3. The summed E-state index contributed by atoms with van der Waals surface area (Å²) in [5.74, 6) is 1.52. The molecular formula is C33H25N5O. The van der Waals surface area contributed by atoms with E-state index in [1.807, 2.05) is 24.4 Å². The van der Waals surface area contributed by atoms with Crippen LogP contribution in [0.2, 0.25) is 0 Å². The highest BCUT2D eigenvalue weighted by molar-refractivity contribution is 6.12. The van der Waals surface area contributed by atoms with Gasteiger partial charge in [0.2, 0.25) is 0 Å². The van der Waals surface area contributed by atoms with E-state index in [0.717, 1.165) is 83.7 Å². The second kappa shape index (κ2) is 7.77. The third kappa shape index (κ3) is 3.00. The van der Waals surface area contributed by atoms with Crippen molar-refractivity contribution in [1.29, 1.82) is 0 Å². The highest BCUT2D eigenvalue weighted by Crippen LogP contribution is 2.36. The van der Waals surface area contributed by atoms with E-state index in [-0.39, 0.29) is 0 Å². The van der Waals surface area contributed by atoms with Crippen LogP contribution in [0.15, 0.2) is 79.0 Å². The molecule has 0 aliphatic heterocycles. The molecule has 0 aliphatic carbocycles. The Hall–Kier alpha value is -4.97. The molecule has 6 nitrogen and oxygen atoms in total. The molecule has 0 saturated carbocycles. The third-order valence-corrected chi connectivity index (χ3v) is 8.11. The molecule has 0 spiro atoms. The van der Waals surface area contributed by atoms with Crippen molar-refractivity contribution in [3.63, 3.8) is 0 Å². The Morgan fingerprint density at radius 2 is 1.15 bits per heavy atom. The smallest absolute Gasteiger partial charge is 0.145 e. The topological polar surface area (TPSA) is 56.7 Å². The number of fused-ring (bicyclic) bond motifs is 12. The Labute approximate surface area is 224 Å². The highest BCUT2D eigenvalue weighted by Gasteiger charge is 2.17. The van der Waals surface area contributed by atoms with E-state index < -0.39 is 0 Å². The Kier molecular flexibility index (Phi) is 4.39. The van der Waals surface area contributed by atoms with Crippen molar-refractivity contribution in [1.82, 2.24) is 23.8 Å². The van der Waals surface area contributed by atoms with Crippen LogP contribution in [-0.4, -0.2) is 23.8 Å². The van der Waals surface area contributed by atoms with Crippen LogP contribution in [0.4, 0.5) is 0 Å². The molecule has 0 fully saturated rings. The fourth-order valence-corrected chi connectivity index (χ4v) is 5.97. The Morgan fingerprint density at radius 1 is 0.564 bits per heavy atom. The summed E-state index contributed by atoms with van der Waals surface area (Å²) in [6.45, 7) is 8.35. The maximum absolute atomic E-state index is 6.50. The van der Waals surface area contributed by atoms with Gasteiger partial charge in [-0.05, 0) is 87.7 Å². The first-order valence-electron chi connectivity index (χ1n) is 13.1. The second-order valence-electron chi connectivity index (χ2n) is 10.3. The van der Waals surface area contributed by atoms with Crippen LogP contribution in [0.1, 0.15) is 22.8 Å². The molecule has 8 aromatic rings. The van der Waals surface area contributed by atoms with Crippen molar-refractivity contribution < 1.29 is 4.74 Å². The van der Waals surface area contributed by atoms with Gasteiger partial charge in [-0.15, -0.1) is 0 Å². The largest absolute Gasteiger partial charge is 0.457 e. The van der Waals surface area contributed by atoms with Crippen LogP contribution >= 0.6 is 0 Å². The van der Waals surface area contributed by atoms with E-state index in [0.29, 0.717) is 0 Å². The number of aryl methyl sites for hydroxylation is 4. The van der Waals surface area contributed by atoms with Gasteiger partial charge in [0, 0.05) is 39.1 Å². The molecule has 0 radical (unpaired) electrons. The van der Waals surface area contributed by atoms with Crippen molar-refractivity contribution in [3.05, 3.63) is 102 Å². The first-order chi connectivity index (χ1) is 19.0. The Bertz CT molecular complexity index is 2140. The van der Waals surface area contributed by atoms with Gasteiger partial charge in [0.25, 0.3) is 0 Å². The predicted octanol–water partition coefficient (Wildman–Crippen LogP) is 8.02. The summed E-state index contributed by atoms with van der Waals surface area (Å²) < 4.78 is 10.9. The zero-order chi connectivity index (χ0) is 26.4. The van der Waals surface area contributed by atoms with E-state index in [4.69, 9.17) is 19.7 Å². The van der Waals surface area contributed by atoms with Crippen LogP contribution in [0.25, 0.3) is 54.8 Å². The molecule has 0 bridgehead atoms. The van der Waals surface area contributed by atoms with Gasteiger partial charge in [-0.25, -0.2) is 9.97 Å². The summed E-state index contributed by atoms with van der Waals surface area (Å²) in [6.07, 6.45) is 1.84. The van der Waals surface area contributed by atoms with Crippen LogP contribution in [0, 0.1) is 27.7 Å². The van der Waals surface area contributed by atoms with Crippen molar-refractivity contribution in [3.8, 4) is 11.5 Å². The fourth-order valence-electron chi connectivity index (χ4n) is 5.97. The zero-order valence-electron chi connectivity index (χ0n) is 22.1. The fraction of sp³-hybridized carbons (Fsp3) is 0.121. The molecule has 0 atom stereocenters. The van der Waals surface area contributed by atoms with Gasteiger partial charge >= 0.3 is 0 Å². The molecule has 3 aromatic carbocycles. The first kappa shape index (κ1) is 22.1. The van der Waals surface area contributed by atoms with Crippen LogP contribution in [0.3, 0.4) is 0 Å². The average molecular weight is 508 g/mol. The van der Waals surface area contributed by atoms with Gasteiger partial charge < -0.3 is 4.74 Å². The average Bonchev–Trinajstić information content (AvgIpc) is 3.43. The van der Waals surface area contributed by atoms with Crippen LogP contribution in [0.5, 0.6) is 11.5 Å². The molecule has 6 heteroatoms. The molecule has 0 aliphatic rings. The van der Waals surface area contributed by atoms with Gasteiger partial charge in [0.1, 0.15) is 22.8 Å².